The number of carbonyl (C=O) groups excluding carboxylic acids is 1. The van der Waals surface area contributed by atoms with Crippen molar-refractivity contribution >= 4 is 55.3 Å². The molecular weight excluding hydrogens is 1210 g/mol. The molecule has 0 saturated heterocycles. The Morgan fingerprint density at radius 2 is 0.593 bits per heavy atom. The number of aromatic nitrogens is 1. The Morgan fingerprint density at radius 3 is 0.907 bits per heavy atom. The van der Waals surface area contributed by atoms with Gasteiger partial charge in [0.05, 0.1) is 44.5 Å². The fraction of sp³-hybridized carbons (Fsp3) is 0.153. The molecule has 0 atom stereocenters. The van der Waals surface area contributed by atoms with Gasteiger partial charge in [0.1, 0.15) is 6.15 Å². The van der Waals surface area contributed by atoms with Crippen molar-refractivity contribution in [2.24, 2.45) is 0 Å². The van der Waals surface area contributed by atoms with E-state index in [0.717, 1.165) is 11.1 Å². The smallest absolute Gasteiger partial charge is 0.287 e. The molecule has 86 heavy (non-hydrogen) atoms. The first kappa shape index (κ1) is 63.5. The highest BCUT2D eigenvalue weighted by Gasteiger charge is 2.47. The minimum atomic E-state index is -6.13. The van der Waals surface area contributed by atoms with Crippen molar-refractivity contribution < 1.29 is 115 Å². The van der Waals surface area contributed by atoms with Gasteiger partial charge in [-0.05, 0) is 63.0 Å². The van der Waals surface area contributed by atoms with E-state index in [0.29, 0.717) is 6.54 Å². The van der Waals surface area contributed by atoms with Crippen LogP contribution in [-0.4, -0.2) is 11.9 Å². The fourth-order valence-corrected chi connectivity index (χ4v) is 9.99. The maximum Gasteiger partial charge on any atom is 0.416 e. The van der Waals surface area contributed by atoms with Crippen LogP contribution in [-0.2, 0) is 56.0 Å². The van der Waals surface area contributed by atoms with Gasteiger partial charge in [-0.1, -0.05) is 127 Å². The molecule has 0 aliphatic carbocycles. The van der Waals surface area contributed by atoms with E-state index in [2.05, 4.69) is 66.7 Å². The number of alkyl halides is 24. The summed E-state index contributed by atoms with van der Waals surface area (Å²) in [5.74, 6) is 0.111. The van der Waals surface area contributed by atoms with Crippen LogP contribution >= 0.6 is 0 Å². The van der Waals surface area contributed by atoms with Crippen LogP contribution in [0.15, 0.2) is 182 Å². The minimum Gasteiger partial charge on any atom is -0.287 e. The van der Waals surface area contributed by atoms with E-state index >= 15 is 0 Å². The quantitative estimate of drug-likeness (QED) is 0.0488. The van der Waals surface area contributed by atoms with Gasteiger partial charge in [-0.25, -0.2) is 0 Å². The van der Waals surface area contributed by atoms with Crippen molar-refractivity contribution in [1.29, 1.82) is 0 Å². The molecule has 0 aliphatic heterocycles. The van der Waals surface area contributed by atoms with E-state index in [9.17, 15) is 110 Å². The van der Waals surface area contributed by atoms with Gasteiger partial charge in [0.2, 0.25) is 12.3 Å². The summed E-state index contributed by atoms with van der Waals surface area (Å²) in [6.07, 6.45) is -50.8. The Balaban J connectivity index is 0.000000274. The van der Waals surface area contributed by atoms with E-state index in [1.165, 1.54) is 27.1 Å². The summed E-state index contributed by atoms with van der Waals surface area (Å²) in [4.78, 5) is 12.5. The molecule has 9 aromatic rings. The van der Waals surface area contributed by atoms with Gasteiger partial charge < -0.3 is 0 Å². The molecule has 0 unspecified atom stereocenters. The molecule has 0 radical (unpaired) electrons. The lowest BCUT2D eigenvalue weighted by Crippen LogP contribution is -2.75. The van der Waals surface area contributed by atoms with E-state index in [1.54, 1.807) is 0 Å². The van der Waals surface area contributed by atoms with Gasteiger partial charge in [0.15, 0.2) is 12.4 Å². The van der Waals surface area contributed by atoms with Gasteiger partial charge in [-0.15, -0.1) is 0 Å². The number of hydrogen-bond donors (Lipinski definition) is 0. The molecule has 27 heteroatoms. The number of nitrogens with zero attached hydrogens (tertiary/aromatic N) is 1. The summed E-state index contributed by atoms with van der Waals surface area (Å²) in [7, 11) is 0. The SMILES string of the molecule is FC(F)(F)c1cc([B-](c2cc(C(F)(F)F)cc(C(F)(F)F)c2)(c2cc(C(F)(F)F)cc(C(F)(F)F)c2)c2cc(C(F)(F)F)cc(C(F)(F)F)c2)cc(C(F)(F)F)c1.O=C(C[n+]1ccc(-c2cc3ccccc3c3ccccc23)cc1)c1ccccc1. The average Bonchev–Trinajstić information content (AvgIpc) is 0.727. The standard InChI is InChI=1S/C32H12BF24.C27H20NO/c34-25(35,36)13-1-14(26(37,38)39)6-21(5-13)33(22-7-15(27(40,41)42)2-16(8-22)28(43,44)45,23-9-17(29(46,47)48)3-18(10-23)30(49,50)51)24-11-19(31(52,53)54)4-20(12-24)32(55,56)57;29-27(21-8-2-1-3-9-21)19-28-16-14-20(15-17-28)26-18-22-10-4-5-11-23(22)24-12-6-7-13-25(24)26/h1-12H;1-18H,19H2/q-1;+1. The molecule has 0 spiro atoms. The first-order valence-electron chi connectivity index (χ1n) is 24.4. The number of halogens is 24. The zero-order valence-corrected chi connectivity index (χ0v) is 42.5. The van der Waals surface area contributed by atoms with Crippen molar-refractivity contribution in [3.05, 3.63) is 232 Å². The van der Waals surface area contributed by atoms with E-state index < -0.39 is 195 Å². The molecule has 2 nitrogen and oxygen atoms in total. The van der Waals surface area contributed by atoms with Crippen LogP contribution in [0.5, 0.6) is 0 Å². The van der Waals surface area contributed by atoms with Crippen LogP contribution in [0.3, 0.4) is 0 Å². The topological polar surface area (TPSA) is 20.9 Å². The van der Waals surface area contributed by atoms with Crippen molar-refractivity contribution in [2.45, 2.75) is 56.0 Å². The van der Waals surface area contributed by atoms with Crippen LogP contribution in [0, 0.1) is 0 Å². The molecule has 450 valence electrons. The van der Waals surface area contributed by atoms with Crippen LogP contribution in [0.2, 0.25) is 0 Å². The molecule has 0 N–H and O–H groups in total. The van der Waals surface area contributed by atoms with Crippen LogP contribution < -0.4 is 26.4 Å². The molecule has 0 aliphatic rings. The summed E-state index contributed by atoms with van der Waals surface area (Å²) < 4.78 is 343. The lowest BCUT2D eigenvalue weighted by Gasteiger charge is -2.46. The van der Waals surface area contributed by atoms with Crippen LogP contribution in [0.4, 0.5) is 105 Å². The maximum atomic E-state index is 14.2. The molecule has 0 saturated carbocycles. The Kier molecular flexibility index (Phi) is 16.5. The lowest BCUT2D eigenvalue weighted by atomic mass is 9.12. The first-order valence-corrected chi connectivity index (χ1v) is 24.4. The predicted octanol–water partition coefficient (Wildman–Crippen LogP) is 17.0. The third kappa shape index (κ3) is 13.6. The highest BCUT2D eigenvalue weighted by molar-refractivity contribution is 7.20. The van der Waals surface area contributed by atoms with E-state index in [1.807, 2.05) is 47.3 Å². The number of rotatable bonds is 8. The van der Waals surface area contributed by atoms with E-state index in [4.69, 9.17) is 0 Å². The zero-order valence-electron chi connectivity index (χ0n) is 42.5. The van der Waals surface area contributed by atoms with Gasteiger partial charge in [0.25, 0.3) is 0 Å². The number of pyridine rings is 1. The Labute approximate surface area is 468 Å². The van der Waals surface area contributed by atoms with Crippen molar-refractivity contribution in [2.75, 3.05) is 0 Å². The maximum absolute atomic E-state index is 14.2. The van der Waals surface area contributed by atoms with Crippen molar-refractivity contribution in [1.82, 2.24) is 0 Å². The molecule has 0 bridgehead atoms. The molecular formula is C59H32BF24NO. The third-order valence-corrected chi connectivity index (χ3v) is 13.8. The molecule has 0 amide bonds. The summed E-state index contributed by atoms with van der Waals surface area (Å²) in [6.45, 7) is 0.336. The third-order valence-electron chi connectivity index (χ3n) is 13.8. The van der Waals surface area contributed by atoms with Crippen molar-refractivity contribution in [3.63, 3.8) is 0 Å². The van der Waals surface area contributed by atoms with Crippen LogP contribution in [0.1, 0.15) is 54.9 Å². The Morgan fingerprint density at radius 1 is 0.314 bits per heavy atom. The van der Waals surface area contributed by atoms with E-state index in [-0.39, 0.29) is 5.78 Å². The molecule has 8 aromatic carbocycles. The summed E-state index contributed by atoms with van der Waals surface area (Å²) >= 11 is 0. The summed E-state index contributed by atoms with van der Waals surface area (Å²) in [5, 5.41) is 5.00. The average molecular weight is 1240 g/mol. The van der Waals surface area contributed by atoms with Gasteiger partial charge in [0, 0.05) is 17.7 Å². The molecule has 0 fully saturated rings. The number of fused-ring (bicyclic) bond motifs is 3. The van der Waals surface area contributed by atoms with Crippen LogP contribution in [0.25, 0.3) is 32.7 Å². The highest BCUT2D eigenvalue weighted by atomic mass is 19.4. The predicted molar refractivity (Wildman–Crippen MR) is 268 cm³/mol. The normalized spacial score (nSPS) is 13.2. The largest absolute Gasteiger partial charge is 0.416 e. The Bertz CT molecular complexity index is 3550. The zero-order chi connectivity index (χ0) is 63.5. The van der Waals surface area contributed by atoms with Gasteiger partial charge in [-0.3, -0.25) is 4.79 Å². The number of hydrogen-bond acceptors (Lipinski definition) is 1. The number of carbonyl (C=O) groups is 1. The molecule has 1 heterocycles. The number of benzene rings is 8. The minimum absolute atomic E-state index is 0.111. The van der Waals surface area contributed by atoms with Crippen molar-refractivity contribution in [3.8, 4) is 11.1 Å². The fourth-order valence-electron chi connectivity index (χ4n) is 9.99. The number of Topliss-reactive ketones (excluding diaryl/α,β-unsaturated/α-hetero) is 1. The monoisotopic (exact) mass is 1240 g/mol. The van der Waals surface area contributed by atoms with Gasteiger partial charge >= 0.3 is 49.4 Å². The summed E-state index contributed by atoms with van der Waals surface area (Å²) in [5.41, 5.74) is -27.1. The Hall–Kier alpha value is -8.52. The lowest BCUT2D eigenvalue weighted by molar-refractivity contribution is -0.683. The molecule has 9 rings (SSSR count). The van der Waals surface area contributed by atoms with Gasteiger partial charge in [-0.2, -0.15) is 132 Å². The second-order valence-corrected chi connectivity index (χ2v) is 19.5. The second-order valence-electron chi connectivity index (χ2n) is 19.5. The highest BCUT2D eigenvalue weighted by Crippen LogP contribution is 2.42. The summed E-state index contributed by atoms with van der Waals surface area (Å²) in [6, 6.07) is 24.1. The molecule has 1 aromatic heterocycles. The second kappa shape index (κ2) is 22.4. The number of ketones is 1. The first-order chi connectivity index (χ1) is 39.6.